The van der Waals surface area contributed by atoms with Crippen LogP contribution in [0.3, 0.4) is 0 Å². The van der Waals surface area contributed by atoms with E-state index in [2.05, 4.69) is 54.5 Å². The molecule has 4 heteroatoms. The van der Waals surface area contributed by atoms with Gasteiger partial charge in [0.1, 0.15) is 6.10 Å². The monoisotopic (exact) mass is 498 g/mol. The molecule has 0 radical (unpaired) electrons. The van der Waals surface area contributed by atoms with Crippen molar-refractivity contribution in [2.45, 2.75) is 119 Å². The lowest BCUT2D eigenvalue weighted by Gasteiger charge is -2.71. The number of carbonyl (C=O) groups is 2. The number of carboxylic acids is 1. The largest absolute Gasteiger partial charge is 0.481 e. The van der Waals surface area contributed by atoms with Crippen LogP contribution in [-0.4, -0.2) is 23.1 Å². The normalized spacial score (nSPS) is 51.5. The van der Waals surface area contributed by atoms with Gasteiger partial charge in [-0.05, 0) is 104 Å². The Morgan fingerprint density at radius 3 is 2.25 bits per heavy atom. The SMILES string of the molecule is CC(=O)OC1CC[C@@]2(C)C(CC[C@]3(C)C2CC=C2C4C(C)C(C)CC[C@]4(C(=O)O)CC[C@]23C)C1(C)C. The molecule has 5 aliphatic carbocycles. The molecule has 36 heavy (non-hydrogen) atoms. The van der Waals surface area contributed by atoms with Gasteiger partial charge in [0.05, 0.1) is 5.41 Å². The van der Waals surface area contributed by atoms with Crippen LogP contribution in [0.4, 0.5) is 0 Å². The lowest BCUT2D eigenvalue weighted by Crippen LogP contribution is -2.65. The van der Waals surface area contributed by atoms with Crippen molar-refractivity contribution in [2.24, 2.45) is 56.7 Å². The Labute approximate surface area is 219 Å². The van der Waals surface area contributed by atoms with Crippen LogP contribution in [0.1, 0.15) is 113 Å². The van der Waals surface area contributed by atoms with Crippen molar-refractivity contribution in [2.75, 3.05) is 0 Å². The summed E-state index contributed by atoms with van der Waals surface area (Å²) in [5.74, 6) is 1.53. The Kier molecular flexibility index (Phi) is 5.91. The smallest absolute Gasteiger partial charge is 0.310 e. The Balaban J connectivity index is 1.56. The zero-order chi connectivity index (χ0) is 26.5. The topological polar surface area (TPSA) is 63.6 Å². The number of carboxylic acid groups (broad SMARTS) is 1. The van der Waals surface area contributed by atoms with Crippen molar-refractivity contribution in [1.29, 1.82) is 0 Å². The standard InChI is InChI=1S/C32H50O4/c1-19-11-16-32(27(34)35)18-17-30(7)22(26(32)20(19)2)9-10-24-29(6)14-13-25(36-21(3)33)28(4,5)23(29)12-15-31(24,30)8/h9,19-20,23-26H,10-18H2,1-8H3,(H,34,35)/t19?,20?,23?,24?,25?,26?,29-,30+,31+,32-/m0/s1. The Bertz CT molecular complexity index is 981. The molecule has 4 nitrogen and oxygen atoms in total. The van der Waals surface area contributed by atoms with Crippen LogP contribution in [0.2, 0.25) is 0 Å². The molecule has 0 spiro atoms. The van der Waals surface area contributed by atoms with Crippen molar-refractivity contribution in [3.63, 3.8) is 0 Å². The number of aliphatic carboxylic acids is 1. The molecular weight excluding hydrogens is 448 g/mol. The zero-order valence-electron chi connectivity index (χ0n) is 24.1. The average Bonchev–Trinajstić information content (AvgIpc) is 2.78. The Morgan fingerprint density at radius 1 is 0.917 bits per heavy atom. The van der Waals surface area contributed by atoms with E-state index in [1.807, 2.05) is 0 Å². The molecule has 5 rings (SSSR count). The molecule has 0 saturated heterocycles. The molecule has 202 valence electrons. The predicted octanol–water partition coefficient (Wildman–Crippen LogP) is 7.66. The molecule has 0 aromatic heterocycles. The molecule has 10 atom stereocenters. The number of ether oxygens (including phenoxy) is 1. The molecule has 0 bridgehead atoms. The van der Waals surface area contributed by atoms with Gasteiger partial charge >= 0.3 is 11.9 Å². The molecule has 0 aliphatic heterocycles. The van der Waals surface area contributed by atoms with Crippen LogP contribution in [0, 0.1) is 56.7 Å². The summed E-state index contributed by atoms with van der Waals surface area (Å²) in [6.45, 7) is 18.5. The number of esters is 1. The van der Waals surface area contributed by atoms with Gasteiger partial charge in [0.15, 0.2) is 0 Å². The summed E-state index contributed by atoms with van der Waals surface area (Å²) in [6, 6.07) is 0. The third-order valence-electron chi connectivity index (χ3n) is 13.7. The van der Waals surface area contributed by atoms with E-state index < -0.39 is 11.4 Å². The summed E-state index contributed by atoms with van der Waals surface area (Å²) in [4.78, 5) is 24.7. The molecule has 4 saturated carbocycles. The fourth-order valence-electron chi connectivity index (χ4n) is 11.2. The summed E-state index contributed by atoms with van der Waals surface area (Å²) in [5.41, 5.74) is 1.30. The van der Waals surface area contributed by atoms with Crippen molar-refractivity contribution in [3.8, 4) is 0 Å². The van der Waals surface area contributed by atoms with Crippen LogP contribution in [-0.2, 0) is 14.3 Å². The molecule has 5 aliphatic rings. The first-order chi connectivity index (χ1) is 16.6. The highest BCUT2D eigenvalue weighted by molar-refractivity contribution is 5.76. The number of carbonyl (C=O) groups excluding carboxylic acids is 1. The van der Waals surface area contributed by atoms with E-state index in [-0.39, 0.29) is 39.7 Å². The zero-order valence-corrected chi connectivity index (χ0v) is 24.1. The molecular formula is C32H50O4. The maximum absolute atomic E-state index is 12.9. The highest BCUT2D eigenvalue weighted by Gasteiger charge is 2.69. The number of hydrogen-bond donors (Lipinski definition) is 1. The van der Waals surface area contributed by atoms with E-state index in [4.69, 9.17) is 4.74 Å². The van der Waals surface area contributed by atoms with Crippen LogP contribution < -0.4 is 0 Å². The van der Waals surface area contributed by atoms with Crippen molar-refractivity contribution in [1.82, 2.24) is 0 Å². The second-order valence-corrected chi connectivity index (χ2v) is 15.1. The molecule has 0 heterocycles. The van der Waals surface area contributed by atoms with Gasteiger partial charge in [0.2, 0.25) is 0 Å². The first kappa shape index (κ1) is 26.3. The van der Waals surface area contributed by atoms with E-state index in [1.54, 1.807) is 6.92 Å². The lowest BCUT2D eigenvalue weighted by molar-refractivity contribution is -0.214. The molecule has 6 unspecified atom stereocenters. The van der Waals surface area contributed by atoms with Gasteiger partial charge < -0.3 is 9.84 Å². The van der Waals surface area contributed by atoms with E-state index in [1.165, 1.54) is 12.0 Å². The van der Waals surface area contributed by atoms with Crippen molar-refractivity contribution >= 4 is 11.9 Å². The van der Waals surface area contributed by atoms with E-state index in [0.29, 0.717) is 23.7 Å². The third kappa shape index (κ3) is 3.17. The van der Waals surface area contributed by atoms with Gasteiger partial charge in [-0.2, -0.15) is 0 Å². The van der Waals surface area contributed by atoms with Crippen LogP contribution >= 0.6 is 0 Å². The minimum Gasteiger partial charge on any atom is -0.481 e. The van der Waals surface area contributed by atoms with Crippen LogP contribution in [0.15, 0.2) is 11.6 Å². The molecule has 4 fully saturated rings. The Hall–Kier alpha value is -1.32. The molecule has 0 aromatic rings. The fourth-order valence-corrected chi connectivity index (χ4v) is 11.2. The first-order valence-corrected chi connectivity index (χ1v) is 14.8. The van der Waals surface area contributed by atoms with E-state index in [0.717, 1.165) is 51.4 Å². The van der Waals surface area contributed by atoms with Crippen LogP contribution in [0.5, 0.6) is 0 Å². The van der Waals surface area contributed by atoms with E-state index >= 15 is 0 Å². The fraction of sp³-hybridized carbons (Fsp3) is 0.875. The minimum atomic E-state index is -0.578. The van der Waals surface area contributed by atoms with Gasteiger partial charge in [-0.15, -0.1) is 0 Å². The van der Waals surface area contributed by atoms with Gasteiger partial charge in [-0.3, -0.25) is 9.59 Å². The quantitative estimate of drug-likeness (QED) is 0.313. The number of hydrogen-bond acceptors (Lipinski definition) is 3. The number of rotatable bonds is 2. The van der Waals surface area contributed by atoms with Crippen molar-refractivity contribution in [3.05, 3.63) is 11.6 Å². The predicted molar refractivity (Wildman–Crippen MR) is 142 cm³/mol. The van der Waals surface area contributed by atoms with Gasteiger partial charge in [-0.1, -0.05) is 60.1 Å². The van der Waals surface area contributed by atoms with Gasteiger partial charge in [0, 0.05) is 12.3 Å². The van der Waals surface area contributed by atoms with Crippen molar-refractivity contribution < 1.29 is 19.4 Å². The molecule has 0 amide bonds. The maximum Gasteiger partial charge on any atom is 0.310 e. The van der Waals surface area contributed by atoms with Gasteiger partial charge in [0.25, 0.3) is 0 Å². The first-order valence-electron chi connectivity index (χ1n) is 14.8. The van der Waals surface area contributed by atoms with Crippen LogP contribution in [0.25, 0.3) is 0 Å². The summed E-state index contributed by atoms with van der Waals surface area (Å²) < 4.78 is 5.88. The third-order valence-corrected chi connectivity index (χ3v) is 13.7. The summed E-state index contributed by atoms with van der Waals surface area (Å²) in [6.07, 6.45) is 11.7. The summed E-state index contributed by atoms with van der Waals surface area (Å²) >= 11 is 0. The lowest BCUT2D eigenvalue weighted by atomic mass is 9.33. The Morgan fingerprint density at radius 2 is 1.61 bits per heavy atom. The average molecular weight is 499 g/mol. The summed E-state index contributed by atoms with van der Waals surface area (Å²) in [7, 11) is 0. The second-order valence-electron chi connectivity index (χ2n) is 15.1. The maximum atomic E-state index is 12.9. The molecule has 1 N–H and O–H groups in total. The minimum absolute atomic E-state index is 0.00171. The highest BCUT2D eigenvalue weighted by Crippen LogP contribution is 2.75. The summed E-state index contributed by atoms with van der Waals surface area (Å²) in [5, 5.41) is 10.6. The molecule has 0 aromatic carbocycles. The second kappa shape index (κ2) is 8.09. The number of fused-ring (bicyclic) bond motifs is 7. The number of allylic oxidation sites excluding steroid dienone is 2. The van der Waals surface area contributed by atoms with Gasteiger partial charge in [-0.25, -0.2) is 0 Å². The van der Waals surface area contributed by atoms with E-state index in [9.17, 15) is 14.7 Å². The highest BCUT2D eigenvalue weighted by atomic mass is 16.5.